The molecule has 0 heterocycles. The van der Waals surface area contributed by atoms with Crippen molar-refractivity contribution in [3.63, 3.8) is 0 Å². The molecule has 122 valence electrons. The number of esters is 1. The standard InChI is InChI=1S/C19H34O2/c1-15(2)9-7-10-17(5)11-8-12-18(6)13-19(20)21-14-16(3)4/h8,12-13,15-17H,7,9-11,14H2,1-6H3/b12-8+,18-13+. The lowest BCUT2D eigenvalue weighted by molar-refractivity contribution is -0.138. The Kier molecular flexibility index (Phi) is 11.0. The van der Waals surface area contributed by atoms with Gasteiger partial charge in [0.15, 0.2) is 0 Å². The minimum Gasteiger partial charge on any atom is -0.462 e. The van der Waals surface area contributed by atoms with Crippen LogP contribution in [0.1, 0.15) is 67.2 Å². The van der Waals surface area contributed by atoms with E-state index >= 15 is 0 Å². The maximum Gasteiger partial charge on any atom is 0.331 e. The molecule has 0 bridgehead atoms. The predicted molar refractivity (Wildman–Crippen MR) is 91.2 cm³/mol. The second-order valence-corrected chi connectivity index (χ2v) is 6.98. The summed E-state index contributed by atoms with van der Waals surface area (Å²) in [5.74, 6) is 1.65. The molecule has 0 N–H and O–H groups in total. The Morgan fingerprint density at radius 2 is 1.71 bits per heavy atom. The van der Waals surface area contributed by atoms with Gasteiger partial charge in [-0.1, -0.05) is 66.0 Å². The minimum absolute atomic E-state index is 0.240. The van der Waals surface area contributed by atoms with E-state index in [2.05, 4.69) is 26.8 Å². The van der Waals surface area contributed by atoms with Crippen molar-refractivity contribution < 1.29 is 9.53 Å². The molecule has 2 nitrogen and oxygen atoms in total. The fourth-order valence-corrected chi connectivity index (χ4v) is 2.00. The summed E-state index contributed by atoms with van der Waals surface area (Å²) in [6, 6.07) is 0. The summed E-state index contributed by atoms with van der Waals surface area (Å²) in [6.45, 7) is 13.3. The quantitative estimate of drug-likeness (QED) is 0.300. The highest BCUT2D eigenvalue weighted by molar-refractivity contribution is 5.83. The first kappa shape index (κ1) is 19.9. The number of carbonyl (C=O) groups excluding carboxylic acids is 1. The van der Waals surface area contributed by atoms with Crippen LogP contribution < -0.4 is 0 Å². The van der Waals surface area contributed by atoms with Gasteiger partial charge in [0.25, 0.3) is 0 Å². The lowest BCUT2D eigenvalue weighted by atomic mass is 9.97. The van der Waals surface area contributed by atoms with Crippen molar-refractivity contribution >= 4 is 5.97 Å². The summed E-state index contributed by atoms with van der Waals surface area (Å²) in [4.78, 5) is 11.5. The summed E-state index contributed by atoms with van der Waals surface area (Å²) >= 11 is 0. The van der Waals surface area contributed by atoms with Crippen molar-refractivity contribution in [2.45, 2.75) is 67.2 Å². The fourth-order valence-electron chi connectivity index (χ4n) is 2.00. The van der Waals surface area contributed by atoms with Gasteiger partial charge in [0.1, 0.15) is 0 Å². The largest absolute Gasteiger partial charge is 0.462 e. The third-order valence-corrected chi connectivity index (χ3v) is 3.30. The van der Waals surface area contributed by atoms with E-state index in [1.807, 2.05) is 26.8 Å². The van der Waals surface area contributed by atoms with Crippen LogP contribution in [0.2, 0.25) is 0 Å². The highest BCUT2D eigenvalue weighted by Crippen LogP contribution is 2.15. The maximum atomic E-state index is 11.5. The van der Waals surface area contributed by atoms with Gasteiger partial charge in [-0.15, -0.1) is 0 Å². The Labute approximate surface area is 131 Å². The fraction of sp³-hybridized carbons (Fsp3) is 0.737. The number of ether oxygens (including phenoxy) is 1. The molecule has 0 aliphatic rings. The van der Waals surface area contributed by atoms with Crippen molar-refractivity contribution in [3.05, 3.63) is 23.8 Å². The van der Waals surface area contributed by atoms with Gasteiger partial charge in [-0.05, 0) is 36.7 Å². The Morgan fingerprint density at radius 3 is 2.29 bits per heavy atom. The van der Waals surface area contributed by atoms with E-state index < -0.39 is 0 Å². The normalized spacial score (nSPS) is 14.2. The second kappa shape index (κ2) is 11.6. The maximum absolute atomic E-state index is 11.5. The lowest BCUT2D eigenvalue weighted by Crippen LogP contribution is -2.07. The summed E-state index contributed by atoms with van der Waals surface area (Å²) in [6.07, 6.45) is 10.7. The average molecular weight is 294 g/mol. The van der Waals surface area contributed by atoms with Crippen LogP contribution in [-0.2, 0) is 9.53 Å². The summed E-state index contributed by atoms with van der Waals surface area (Å²) in [5.41, 5.74) is 0.957. The summed E-state index contributed by atoms with van der Waals surface area (Å²) < 4.78 is 5.13. The molecule has 0 spiro atoms. The first-order valence-electron chi connectivity index (χ1n) is 8.32. The Hall–Kier alpha value is -1.05. The summed E-state index contributed by atoms with van der Waals surface area (Å²) in [5, 5.41) is 0. The van der Waals surface area contributed by atoms with Crippen LogP contribution in [0.5, 0.6) is 0 Å². The highest BCUT2D eigenvalue weighted by Gasteiger charge is 2.02. The number of hydrogen-bond donors (Lipinski definition) is 0. The zero-order chi connectivity index (χ0) is 16.3. The molecule has 0 aliphatic heterocycles. The van der Waals surface area contributed by atoms with Gasteiger partial charge in [-0.2, -0.15) is 0 Å². The monoisotopic (exact) mass is 294 g/mol. The number of hydrogen-bond acceptors (Lipinski definition) is 2. The minimum atomic E-state index is -0.240. The molecule has 0 saturated carbocycles. The topological polar surface area (TPSA) is 26.3 Å². The zero-order valence-corrected chi connectivity index (χ0v) is 14.8. The number of allylic oxidation sites excluding steroid dienone is 3. The van der Waals surface area contributed by atoms with Crippen LogP contribution in [0.25, 0.3) is 0 Å². The van der Waals surface area contributed by atoms with E-state index in [0.717, 1.165) is 17.9 Å². The van der Waals surface area contributed by atoms with E-state index in [9.17, 15) is 4.79 Å². The zero-order valence-electron chi connectivity index (χ0n) is 14.8. The van der Waals surface area contributed by atoms with Crippen LogP contribution >= 0.6 is 0 Å². The van der Waals surface area contributed by atoms with Crippen LogP contribution in [0.15, 0.2) is 23.8 Å². The SMILES string of the molecule is CC(/C=C/CC(C)CCCC(C)C)=C\C(=O)OCC(C)C. The average Bonchev–Trinajstić information content (AvgIpc) is 2.35. The number of carbonyl (C=O) groups is 1. The Balaban J connectivity index is 3.97. The molecule has 2 heteroatoms. The molecule has 0 rings (SSSR count). The Bertz CT molecular complexity index is 337. The van der Waals surface area contributed by atoms with Crippen molar-refractivity contribution in [2.24, 2.45) is 17.8 Å². The molecule has 0 aliphatic carbocycles. The van der Waals surface area contributed by atoms with Gasteiger partial charge in [-0.25, -0.2) is 4.79 Å². The molecule has 0 aromatic carbocycles. The van der Waals surface area contributed by atoms with Crippen molar-refractivity contribution in [3.8, 4) is 0 Å². The molecule has 0 aromatic heterocycles. The molecule has 21 heavy (non-hydrogen) atoms. The molecule has 1 atom stereocenters. The van der Waals surface area contributed by atoms with Gasteiger partial charge < -0.3 is 4.74 Å². The highest BCUT2D eigenvalue weighted by atomic mass is 16.5. The van der Waals surface area contributed by atoms with E-state index in [0.29, 0.717) is 18.4 Å². The third kappa shape index (κ3) is 13.7. The van der Waals surface area contributed by atoms with Gasteiger partial charge in [0.05, 0.1) is 6.61 Å². The van der Waals surface area contributed by atoms with Crippen molar-refractivity contribution in [1.82, 2.24) is 0 Å². The van der Waals surface area contributed by atoms with E-state index in [-0.39, 0.29) is 5.97 Å². The first-order valence-corrected chi connectivity index (χ1v) is 8.32. The van der Waals surface area contributed by atoms with E-state index in [4.69, 9.17) is 4.74 Å². The predicted octanol–water partition coefficient (Wildman–Crippen LogP) is 5.54. The van der Waals surface area contributed by atoms with Crippen LogP contribution in [0.3, 0.4) is 0 Å². The van der Waals surface area contributed by atoms with Gasteiger partial charge in [0, 0.05) is 6.08 Å². The summed E-state index contributed by atoms with van der Waals surface area (Å²) in [7, 11) is 0. The molecule has 0 amide bonds. The van der Waals surface area contributed by atoms with Crippen molar-refractivity contribution in [2.75, 3.05) is 6.61 Å². The van der Waals surface area contributed by atoms with Crippen LogP contribution in [0.4, 0.5) is 0 Å². The van der Waals surface area contributed by atoms with Gasteiger partial charge in [-0.3, -0.25) is 0 Å². The Morgan fingerprint density at radius 1 is 1.05 bits per heavy atom. The molecule has 1 unspecified atom stereocenters. The molecule has 0 saturated heterocycles. The third-order valence-electron chi connectivity index (χ3n) is 3.30. The first-order chi connectivity index (χ1) is 9.81. The lowest BCUT2D eigenvalue weighted by Gasteiger charge is -2.09. The van der Waals surface area contributed by atoms with Crippen molar-refractivity contribution in [1.29, 1.82) is 0 Å². The van der Waals surface area contributed by atoms with Gasteiger partial charge >= 0.3 is 5.97 Å². The molecular weight excluding hydrogens is 260 g/mol. The van der Waals surface area contributed by atoms with Crippen LogP contribution in [-0.4, -0.2) is 12.6 Å². The number of rotatable bonds is 10. The van der Waals surface area contributed by atoms with Crippen LogP contribution in [0, 0.1) is 17.8 Å². The smallest absolute Gasteiger partial charge is 0.331 e. The molecule has 0 radical (unpaired) electrons. The van der Waals surface area contributed by atoms with Gasteiger partial charge in [0.2, 0.25) is 0 Å². The molecule has 0 aromatic rings. The molecular formula is C19H34O2. The second-order valence-electron chi connectivity index (χ2n) is 6.98. The van der Waals surface area contributed by atoms with E-state index in [1.165, 1.54) is 19.3 Å². The van der Waals surface area contributed by atoms with E-state index in [1.54, 1.807) is 6.08 Å². The molecule has 0 fully saturated rings.